The fourth-order valence-corrected chi connectivity index (χ4v) is 3.36. The van der Waals surface area contributed by atoms with Crippen molar-refractivity contribution >= 4 is 17.3 Å². The van der Waals surface area contributed by atoms with Gasteiger partial charge in [0.25, 0.3) is 0 Å². The molecule has 0 spiro atoms. The number of hydrogen-bond donors (Lipinski definition) is 2. The number of amides is 1. The molecular weight excluding hydrogens is 326 g/mol. The lowest BCUT2D eigenvalue weighted by Crippen LogP contribution is -2.40. The van der Waals surface area contributed by atoms with E-state index >= 15 is 0 Å². The lowest BCUT2D eigenvalue weighted by Gasteiger charge is -2.20. The van der Waals surface area contributed by atoms with Crippen LogP contribution in [0.1, 0.15) is 44.8 Å². The minimum atomic E-state index is -0.226. The Morgan fingerprint density at radius 1 is 1.23 bits per heavy atom. The second-order valence-corrected chi connectivity index (χ2v) is 6.89. The molecule has 1 atom stereocenters. The average molecular weight is 355 g/mol. The third-order valence-corrected chi connectivity index (χ3v) is 4.85. The van der Waals surface area contributed by atoms with Gasteiger partial charge in [-0.2, -0.15) is 0 Å². The molecule has 1 amide bonds. The van der Waals surface area contributed by atoms with Gasteiger partial charge in [-0.3, -0.25) is 10.1 Å². The van der Waals surface area contributed by atoms with Gasteiger partial charge < -0.3 is 14.6 Å². The van der Waals surface area contributed by atoms with Crippen LogP contribution in [0.15, 0.2) is 47.1 Å². The van der Waals surface area contributed by atoms with Crippen LogP contribution in [0.25, 0.3) is 0 Å². The van der Waals surface area contributed by atoms with E-state index in [0.29, 0.717) is 6.54 Å². The summed E-state index contributed by atoms with van der Waals surface area (Å²) < 4.78 is 5.36. The normalized spacial score (nSPS) is 15.2. The molecule has 2 heterocycles. The summed E-state index contributed by atoms with van der Waals surface area (Å²) in [6.07, 6.45) is 7.03. The molecule has 1 aromatic heterocycles. The smallest absolute Gasteiger partial charge is 0.241 e. The maximum absolute atomic E-state index is 12.8. The average Bonchev–Trinajstić information content (AvgIpc) is 3.36. The van der Waals surface area contributed by atoms with Crippen molar-refractivity contribution < 1.29 is 9.21 Å². The summed E-state index contributed by atoms with van der Waals surface area (Å²) in [6.45, 7) is 4.89. The zero-order valence-electron chi connectivity index (χ0n) is 15.5. The van der Waals surface area contributed by atoms with Gasteiger partial charge in [0, 0.05) is 24.5 Å². The molecule has 0 aliphatic carbocycles. The zero-order valence-corrected chi connectivity index (χ0v) is 15.5. The predicted molar refractivity (Wildman–Crippen MR) is 105 cm³/mol. The lowest BCUT2D eigenvalue weighted by atomic mass is 10.1. The van der Waals surface area contributed by atoms with E-state index in [1.807, 2.05) is 24.3 Å². The van der Waals surface area contributed by atoms with Crippen molar-refractivity contribution in [1.29, 1.82) is 0 Å². The first-order chi connectivity index (χ1) is 12.8. The van der Waals surface area contributed by atoms with Gasteiger partial charge >= 0.3 is 0 Å². The Labute approximate surface area is 155 Å². The van der Waals surface area contributed by atoms with E-state index in [0.717, 1.165) is 43.8 Å². The summed E-state index contributed by atoms with van der Waals surface area (Å²) in [5.74, 6) is 0.860. The SMILES string of the molecule is CCCCC(NCc1ccco1)C(=O)Nc1cccc(N2CCCC2)c1. The minimum absolute atomic E-state index is 0.0172. The second kappa shape index (κ2) is 9.43. The largest absolute Gasteiger partial charge is 0.468 e. The summed E-state index contributed by atoms with van der Waals surface area (Å²) in [5, 5.41) is 6.42. The van der Waals surface area contributed by atoms with Crippen LogP contribution in [0.3, 0.4) is 0 Å². The molecule has 5 heteroatoms. The number of nitrogens with one attached hydrogen (secondary N) is 2. The molecule has 1 aliphatic heterocycles. The molecule has 0 saturated carbocycles. The van der Waals surface area contributed by atoms with E-state index in [-0.39, 0.29) is 11.9 Å². The Kier molecular flexibility index (Phi) is 6.72. The summed E-state index contributed by atoms with van der Waals surface area (Å²) in [6, 6.07) is 11.7. The second-order valence-electron chi connectivity index (χ2n) is 6.89. The van der Waals surface area contributed by atoms with Gasteiger partial charge in [-0.05, 0) is 49.6 Å². The first kappa shape index (κ1) is 18.5. The number of hydrogen-bond acceptors (Lipinski definition) is 4. The molecule has 1 unspecified atom stereocenters. The summed E-state index contributed by atoms with van der Waals surface area (Å²) in [4.78, 5) is 15.2. The Balaban J connectivity index is 1.61. The van der Waals surface area contributed by atoms with Gasteiger partial charge in [-0.25, -0.2) is 0 Å². The molecule has 0 bridgehead atoms. The Morgan fingerprint density at radius 2 is 2.08 bits per heavy atom. The van der Waals surface area contributed by atoms with Crippen molar-refractivity contribution in [2.75, 3.05) is 23.3 Å². The van der Waals surface area contributed by atoms with Crippen LogP contribution in [0.2, 0.25) is 0 Å². The van der Waals surface area contributed by atoms with Crippen LogP contribution < -0.4 is 15.5 Å². The number of carbonyl (C=O) groups is 1. The molecule has 2 aromatic rings. The number of nitrogens with zero attached hydrogens (tertiary/aromatic N) is 1. The van der Waals surface area contributed by atoms with Crippen LogP contribution in [-0.4, -0.2) is 25.0 Å². The van der Waals surface area contributed by atoms with Gasteiger partial charge in [0.05, 0.1) is 18.8 Å². The van der Waals surface area contributed by atoms with Crippen molar-refractivity contribution in [2.24, 2.45) is 0 Å². The number of anilines is 2. The highest BCUT2D eigenvalue weighted by Gasteiger charge is 2.19. The molecule has 2 N–H and O–H groups in total. The maximum Gasteiger partial charge on any atom is 0.241 e. The highest BCUT2D eigenvalue weighted by molar-refractivity contribution is 5.95. The molecule has 1 aromatic carbocycles. The summed E-state index contributed by atoms with van der Waals surface area (Å²) in [7, 11) is 0. The maximum atomic E-state index is 12.8. The number of rotatable bonds is 9. The van der Waals surface area contributed by atoms with Crippen LogP contribution in [0.5, 0.6) is 0 Å². The Hall–Kier alpha value is -2.27. The van der Waals surface area contributed by atoms with E-state index < -0.39 is 0 Å². The zero-order chi connectivity index (χ0) is 18.2. The van der Waals surface area contributed by atoms with Crippen LogP contribution in [0, 0.1) is 0 Å². The molecule has 140 valence electrons. The molecule has 1 aliphatic rings. The summed E-state index contributed by atoms with van der Waals surface area (Å²) in [5.41, 5.74) is 2.05. The fourth-order valence-electron chi connectivity index (χ4n) is 3.36. The number of benzene rings is 1. The monoisotopic (exact) mass is 355 g/mol. The molecule has 5 nitrogen and oxygen atoms in total. The van der Waals surface area contributed by atoms with Crippen molar-refractivity contribution in [3.63, 3.8) is 0 Å². The minimum Gasteiger partial charge on any atom is -0.468 e. The molecular formula is C21H29N3O2. The number of carbonyl (C=O) groups excluding carboxylic acids is 1. The van der Waals surface area contributed by atoms with Gasteiger partial charge in [0.2, 0.25) is 5.91 Å². The first-order valence-electron chi connectivity index (χ1n) is 9.68. The Morgan fingerprint density at radius 3 is 2.81 bits per heavy atom. The van der Waals surface area contributed by atoms with E-state index in [1.54, 1.807) is 6.26 Å². The van der Waals surface area contributed by atoms with E-state index in [1.165, 1.54) is 18.5 Å². The highest BCUT2D eigenvalue weighted by Crippen LogP contribution is 2.23. The quantitative estimate of drug-likeness (QED) is 0.709. The lowest BCUT2D eigenvalue weighted by molar-refractivity contribution is -0.118. The molecule has 3 rings (SSSR count). The highest BCUT2D eigenvalue weighted by atomic mass is 16.3. The van der Waals surface area contributed by atoms with Gasteiger partial charge in [-0.1, -0.05) is 25.8 Å². The van der Waals surface area contributed by atoms with Crippen LogP contribution in [0.4, 0.5) is 11.4 Å². The van der Waals surface area contributed by atoms with E-state index in [4.69, 9.17) is 4.42 Å². The standard InChI is InChI=1S/C21H29N3O2/c1-2-3-11-20(22-16-19-10-7-14-26-19)21(25)23-17-8-6-9-18(15-17)24-12-4-5-13-24/h6-10,14-15,20,22H,2-5,11-13,16H2,1H3,(H,23,25). The van der Waals surface area contributed by atoms with Crippen molar-refractivity contribution in [3.05, 3.63) is 48.4 Å². The van der Waals surface area contributed by atoms with E-state index in [9.17, 15) is 4.79 Å². The molecule has 26 heavy (non-hydrogen) atoms. The van der Waals surface area contributed by atoms with Crippen LogP contribution in [-0.2, 0) is 11.3 Å². The first-order valence-corrected chi connectivity index (χ1v) is 9.68. The van der Waals surface area contributed by atoms with Crippen molar-refractivity contribution in [2.45, 2.75) is 51.6 Å². The molecule has 1 fully saturated rings. The van der Waals surface area contributed by atoms with Gasteiger partial charge in [0.15, 0.2) is 0 Å². The van der Waals surface area contributed by atoms with Crippen molar-refractivity contribution in [1.82, 2.24) is 5.32 Å². The van der Waals surface area contributed by atoms with E-state index in [2.05, 4.69) is 34.6 Å². The predicted octanol–water partition coefficient (Wildman–Crippen LogP) is 4.17. The molecule has 1 saturated heterocycles. The third-order valence-electron chi connectivity index (χ3n) is 4.85. The number of unbranched alkanes of at least 4 members (excludes halogenated alkanes) is 1. The third kappa shape index (κ3) is 5.11. The topological polar surface area (TPSA) is 57.5 Å². The van der Waals surface area contributed by atoms with Crippen molar-refractivity contribution in [3.8, 4) is 0 Å². The fraction of sp³-hybridized carbons (Fsp3) is 0.476. The van der Waals surface area contributed by atoms with Gasteiger partial charge in [-0.15, -0.1) is 0 Å². The Bertz CT molecular complexity index is 678. The van der Waals surface area contributed by atoms with Gasteiger partial charge in [0.1, 0.15) is 5.76 Å². The molecule has 0 radical (unpaired) electrons. The summed E-state index contributed by atoms with van der Waals surface area (Å²) >= 11 is 0. The van der Waals surface area contributed by atoms with Crippen LogP contribution >= 0.6 is 0 Å². The number of furan rings is 1.